The standard InChI is InChI=1S/C17H23N3O3S/c1-12-6-5-9-20-10-15(18-16(12)20)11-24(22,23)13(2)17(21)19-14-7-3-4-8-14/h5-6,9-10,13-14H,3-4,7-8,11H2,1-2H3,(H,19,21)/t13-/m0/s1. The SMILES string of the molecule is Cc1cccn2cc(CS(=O)(=O)[C@@H](C)C(=O)NC3CCCC3)nc12. The number of pyridine rings is 1. The lowest BCUT2D eigenvalue weighted by molar-refractivity contribution is -0.121. The number of aryl methyl sites for hydroxylation is 1. The number of carbonyl (C=O) groups excluding carboxylic acids is 1. The van der Waals surface area contributed by atoms with Crippen LogP contribution < -0.4 is 5.32 Å². The number of imidazole rings is 1. The summed E-state index contributed by atoms with van der Waals surface area (Å²) in [6.07, 6.45) is 7.59. The number of sulfone groups is 1. The van der Waals surface area contributed by atoms with E-state index in [1.54, 1.807) is 6.20 Å². The van der Waals surface area contributed by atoms with Crippen LogP contribution in [0.4, 0.5) is 0 Å². The average molecular weight is 349 g/mol. The normalized spacial score (nSPS) is 17.2. The lowest BCUT2D eigenvalue weighted by Crippen LogP contribution is -2.42. The second kappa shape index (κ2) is 6.55. The third-order valence-corrected chi connectivity index (χ3v) is 6.68. The van der Waals surface area contributed by atoms with Crippen molar-refractivity contribution in [1.29, 1.82) is 0 Å². The monoisotopic (exact) mass is 349 g/mol. The van der Waals surface area contributed by atoms with Crippen LogP contribution in [0.5, 0.6) is 0 Å². The fraction of sp³-hybridized carbons (Fsp3) is 0.529. The van der Waals surface area contributed by atoms with E-state index in [0.29, 0.717) is 5.69 Å². The summed E-state index contributed by atoms with van der Waals surface area (Å²) in [5.74, 6) is -0.630. The van der Waals surface area contributed by atoms with Gasteiger partial charge < -0.3 is 9.72 Å². The minimum Gasteiger partial charge on any atom is -0.352 e. The summed E-state index contributed by atoms with van der Waals surface area (Å²) in [5.41, 5.74) is 2.18. The second-order valence-electron chi connectivity index (χ2n) is 6.59. The topological polar surface area (TPSA) is 80.5 Å². The molecular formula is C17H23N3O3S. The lowest BCUT2D eigenvalue weighted by atomic mass is 10.2. The van der Waals surface area contributed by atoms with E-state index in [-0.39, 0.29) is 11.8 Å². The molecule has 1 fully saturated rings. The number of hydrogen-bond acceptors (Lipinski definition) is 4. The van der Waals surface area contributed by atoms with E-state index >= 15 is 0 Å². The summed E-state index contributed by atoms with van der Waals surface area (Å²) in [4.78, 5) is 16.6. The Hall–Kier alpha value is -1.89. The maximum atomic E-state index is 12.6. The summed E-state index contributed by atoms with van der Waals surface area (Å²) in [5, 5.41) is 1.80. The molecule has 2 aromatic rings. The van der Waals surface area contributed by atoms with Gasteiger partial charge in [0.25, 0.3) is 0 Å². The van der Waals surface area contributed by atoms with Gasteiger partial charge in [0.1, 0.15) is 10.9 Å². The predicted octanol–water partition coefficient (Wildman–Crippen LogP) is 2.00. The highest BCUT2D eigenvalue weighted by Gasteiger charge is 2.31. The van der Waals surface area contributed by atoms with Crippen LogP contribution in [0.1, 0.15) is 43.9 Å². The molecule has 1 saturated carbocycles. The molecule has 0 bridgehead atoms. The fourth-order valence-corrected chi connectivity index (χ4v) is 4.35. The zero-order valence-corrected chi connectivity index (χ0v) is 14.8. The Balaban J connectivity index is 1.73. The van der Waals surface area contributed by atoms with E-state index in [4.69, 9.17) is 0 Å². The zero-order chi connectivity index (χ0) is 17.3. The van der Waals surface area contributed by atoms with Crippen LogP contribution in [0.3, 0.4) is 0 Å². The molecule has 24 heavy (non-hydrogen) atoms. The number of carbonyl (C=O) groups is 1. The van der Waals surface area contributed by atoms with Crippen molar-refractivity contribution in [1.82, 2.24) is 14.7 Å². The van der Waals surface area contributed by atoms with Crippen molar-refractivity contribution in [3.05, 3.63) is 35.8 Å². The van der Waals surface area contributed by atoms with Gasteiger partial charge in [0.2, 0.25) is 5.91 Å². The van der Waals surface area contributed by atoms with Gasteiger partial charge in [0.15, 0.2) is 9.84 Å². The van der Waals surface area contributed by atoms with Gasteiger partial charge in [-0.25, -0.2) is 13.4 Å². The minimum atomic E-state index is -3.60. The predicted molar refractivity (Wildman–Crippen MR) is 92.4 cm³/mol. The van der Waals surface area contributed by atoms with E-state index in [2.05, 4.69) is 10.3 Å². The number of nitrogens with zero attached hydrogens (tertiary/aromatic N) is 2. The first-order chi connectivity index (χ1) is 11.4. The van der Waals surface area contributed by atoms with Crippen molar-refractivity contribution in [2.75, 3.05) is 0 Å². The van der Waals surface area contributed by atoms with Crippen LogP contribution in [0.15, 0.2) is 24.5 Å². The molecule has 0 spiro atoms. The molecule has 1 atom stereocenters. The molecule has 3 rings (SSSR count). The summed E-state index contributed by atoms with van der Waals surface area (Å²) < 4.78 is 26.9. The number of hydrogen-bond donors (Lipinski definition) is 1. The number of amides is 1. The summed E-state index contributed by atoms with van der Waals surface area (Å²) in [6, 6.07) is 3.94. The van der Waals surface area contributed by atoms with Crippen LogP contribution >= 0.6 is 0 Å². The second-order valence-corrected chi connectivity index (χ2v) is 8.92. The first-order valence-electron chi connectivity index (χ1n) is 8.32. The summed E-state index contributed by atoms with van der Waals surface area (Å²) in [7, 11) is -3.60. The molecule has 1 N–H and O–H groups in total. The van der Waals surface area contributed by atoms with Crippen molar-refractivity contribution in [3.8, 4) is 0 Å². The van der Waals surface area contributed by atoms with Crippen LogP contribution in [-0.4, -0.2) is 35.0 Å². The zero-order valence-electron chi connectivity index (χ0n) is 14.0. The molecule has 1 aliphatic carbocycles. The third-order valence-electron chi connectivity index (χ3n) is 4.69. The Morgan fingerprint density at radius 1 is 1.42 bits per heavy atom. The van der Waals surface area contributed by atoms with Crippen LogP contribution in [-0.2, 0) is 20.4 Å². The van der Waals surface area contributed by atoms with Gasteiger partial charge in [-0.3, -0.25) is 4.79 Å². The molecule has 1 amide bonds. The van der Waals surface area contributed by atoms with E-state index in [0.717, 1.165) is 36.9 Å². The van der Waals surface area contributed by atoms with Crippen LogP contribution in [0.25, 0.3) is 5.65 Å². The van der Waals surface area contributed by atoms with Crippen LogP contribution in [0.2, 0.25) is 0 Å². The van der Waals surface area contributed by atoms with Crippen molar-refractivity contribution < 1.29 is 13.2 Å². The molecule has 0 unspecified atom stereocenters. The van der Waals surface area contributed by atoms with Gasteiger partial charge in [-0.1, -0.05) is 18.9 Å². The molecule has 130 valence electrons. The van der Waals surface area contributed by atoms with Gasteiger partial charge in [-0.05, 0) is 38.3 Å². The molecule has 0 radical (unpaired) electrons. The fourth-order valence-electron chi connectivity index (χ4n) is 3.16. The van der Waals surface area contributed by atoms with Gasteiger partial charge in [0, 0.05) is 18.4 Å². The van der Waals surface area contributed by atoms with Crippen molar-refractivity contribution in [2.45, 2.75) is 56.6 Å². The Labute approximate surface area is 142 Å². The largest absolute Gasteiger partial charge is 0.352 e. The highest BCUT2D eigenvalue weighted by atomic mass is 32.2. The molecule has 1 aliphatic rings. The molecule has 6 nitrogen and oxygen atoms in total. The lowest BCUT2D eigenvalue weighted by Gasteiger charge is -2.16. The van der Waals surface area contributed by atoms with E-state index in [1.807, 2.05) is 29.7 Å². The molecule has 0 aromatic carbocycles. The summed E-state index contributed by atoms with van der Waals surface area (Å²) in [6.45, 7) is 3.39. The molecule has 0 saturated heterocycles. The average Bonchev–Trinajstić information content (AvgIpc) is 3.15. The number of rotatable bonds is 5. The van der Waals surface area contributed by atoms with Gasteiger partial charge >= 0.3 is 0 Å². The Morgan fingerprint density at radius 2 is 2.12 bits per heavy atom. The van der Waals surface area contributed by atoms with Crippen molar-refractivity contribution in [3.63, 3.8) is 0 Å². The van der Waals surface area contributed by atoms with Gasteiger partial charge in [0.05, 0.1) is 11.4 Å². The Bertz CT molecular complexity index is 851. The third kappa shape index (κ3) is 3.45. The quantitative estimate of drug-likeness (QED) is 0.895. The Morgan fingerprint density at radius 3 is 2.79 bits per heavy atom. The highest BCUT2D eigenvalue weighted by Crippen LogP contribution is 2.19. The molecule has 7 heteroatoms. The maximum absolute atomic E-state index is 12.6. The number of nitrogens with one attached hydrogen (secondary N) is 1. The highest BCUT2D eigenvalue weighted by molar-refractivity contribution is 7.92. The maximum Gasteiger partial charge on any atom is 0.238 e. The van der Waals surface area contributed by atoms with E-state index in [9.17, 15) is 13.2 Å². The minimum absolute atomic E-state index is 0.119. The molecule has 2 heterocycles. The summed E-state index contributed by atoms with van der Waals surface area (Å²) >= 11 is 0. The van der Waals surface area contributed by atoms with Crippen molar-refractivity contribution >= 4 is 21.4 Å². The van der Waals surface area contributed by atoms with Crippen molar-refractivity contribution in [2.24, 2.45) is 0 Å². The first-order valence-corrected chi connectivity index (χ1v) is 10.0. The Kier molecular flexibility index (Phi) is 4.62. The van der Waals surface area contributed by atoms with E-state index < -0.39 is 21.0 Å². The smallest absolute Gasteiger partial charge is 0.238 e. The van der Waals surface area contributed by atoms with Crippen LogP contribution in [0, 0.1) is 6.92 Å². The number of aromatic nitrogens is 2. The van der Waals surface area contributed by atoms with Gasteiger partial charge in [-0.2, -0.15) is 0 Å². The molecular weight excluding hydrogens is 326 g/mol. The number of fused-ring (bicyclic) bond motifs is 1. The first kappa shape index (κ1) is 17.0. The van der Waals surface area contributed by atoms with Gasteiger partial charge in [-0.15, -0.1) is 0 Å². The van der Waals surface area contributed by atoms with E-state index in [1.165, 1.54) is 6.92 Å². The molecule has 0 aliphatic heterocycles. The molecule has 2 aromatic heterocycles.